The highest BCUT2D eigenvalue weighted by Crippen LogP contribution is 2.42. The number of methoxy groups -OCH3 is 1. The summed E-state index contributed by atoms with van der Waals surface area (Å²) in [5.74, 6) is 0. The molecule has 0 bridgehead atoms. The summed E-state index contributed by atoms with van der Waals surface area (Å²) in [5.41, 5.74) is 10.8. The van der Waals surface area contributed by atoms with Gasteiger partial charge >= 0.3 is 0 Å². The number of aromatic nitrogens is 2. The van der Waals surface area contributed by atoms with E-state index in [4.69, 9.17) is 9.72 Å². The molecule has 0 aliphatic carbocycles. The number of likely N-dealkylation sites (N-methyl/N-ethyl adjacent to an activating group) is 1. The lowest BCUT2D eigenvalue weighted by atomic mass is 9.81. The summed E-state index contributed by atoms with van der Waals surface area (Å²) in [6.45, 7) is 14.3. The van der Waals surface area contributed by atoms with Gasteiger partial charge in [0.1, 0.15) is 6.29 Å². The highest BCUT2D eigenvalue weighted by molar-refractivity contribution is 5.95. The van der Waals surface area contributed by atoms with Gasteiger partial charge in [-0.25, -0.2) is 0 Å². The highest BCUT2D eigenvalue weighted by atomic mass is 16.5. The van der Waals surface area contributed by atoms with E-state index in [1.54, 1.807) is 7.11 Å². The Kier molecular flexibility index (Phi) is 9.27. The van der Waals surface area contributed by atoms with Gasteiger partial charge in [0, 0.05) is 36.3 Å². The zero-order valence-electron chi connectivity index (χ0n) is 25.5. The van der Waals surface area contributed by atoms with E-state index in [1.165, 1.54) is 27.7 Å². The van der Waals surface area contributed by atoms with Gasteiger partial charge in [-0.1, -0.05) is 57.5 Å². The van der Waals surface area contributed by atoms with Crippen molar-refractivity contribution < 1.29 is 9.53 Å². The first kappa shape index (κ1) is 29.7. The van der Waals surface area contributed by atoms with Crippen LogP contribution in [0.5, 0.6) is 0 Å². The minimum atomic E-state index is -0.187. The number of fused-ring (bicyclic) bond motifs is 1. The van der Waals surface area contributed by atoms with Crippen LogP contribution in [-0.2, 0) is 28.9 Å². The fourth-order valence-electron chi connectivity index (χ4n) is 5.58. The van der Waals surface area contributed by atoms with Crippen molar-refractivity contribution in [2.45, 2.75) is 79.5 Å². The zero-order chi connectivity index (χ0) is 29.0. The molecule has 40 heavy (non-hydrogen) atoms. The number of rotatable bonds is 12. The van der Waals surface area contributed by atoms with E-state index >= 15 is 0 Å². The molecule has 0 amide bonds. The van der Waals surface area contributed by atoms with E-state index < -0.39 is 0 Å². The molecule has 0 fully saturated rings. The lowest BCUT2D eigenvalue weighted by Gasteiger charge is -2.24. The number of nitrogens with zero attached hydrogens (tertiary/aromatic N) is 2. The fraction of sp³-hybridized carbons (Fsp3) is 0.429. The number of ether oxygens (including phenoxy) is 1. The Morgan fingerprint density at radius 2 is 1.85 bits per heavy atom. The third-order valence-electron chi connectivity index (χ3n) is 8.40. The number of nitrogens with one attached hydrogen (secondary N) is 1. The molecule has 0 spiro atoms. The molecule has 4 rings (SSSR count). The number of benzene rings is 2. The average Bonchev–Trinajstić information content (AvgIpc) is 3.27. The summed E-state index contributed by atoms with van der Waals surface area (Å²) in [5, 5.41) is 4.38. The molecule has 5 nitrogen and oxygen atoms in total. The first-order valence-corrected chi connectivity index (χ1v) is 14.5. The summed E-state index contributed by atoms with van der Waals surface area (Å²) in [6.07, 6.45) is 5.53. The van der Waals surface area contributed by atoms with Gasteiger partial charge in [-0.3, -0.25) is 4.98 Å². The maximum Gasteiger partial charge on any atom is 0.137 e. The van der Waals surface area contributed by atoms with Crippen molar-refractivity contribution in [2.75, 3.05) is 14.2 Å². The molecule has 0 aliphatic heterocycles. The molecule has 4 aromatic rings. The van der Waals surface area contributed by atoms with Crippen LogP contribution in [0.25, 0.3) is 33.3 Å². The third-order valence-corrected chi connectivity index (χ3v) is 8.40. The quantitative estimate of drug-likeness (QED) is 0.187. The van der Waals surface area contributed by atoms with Gasteiger partial charge in [-0.05, 0) is 92.1 Å². The Labute approximate surface area is 240 Å². The molecule has 2 heterocycles. The van der Waals surface area contributed by atoms with Gasteiger partial charge in [0.15, 0.2) is 0 Å². The van der Waals surface area contributed by atoms with Gasteiger partial charge in [-0.2, -0.15) is 0 Å². The van der Waals surface area contributed by atoms with Crippen LogP contribution in [0.3, 0.4) is 0 Å². The van der Waals surface area contributed by atoms with Crippen molar-refractivity contribution in [2.24, 2.45) is 5.41 Å². The lowest BCUT2D eigenvalue weighted by Crippen LogP contribution is -2.28. The minimum absolute atomic E-state index is 0.114. The lowest BCUT2D eigenvalue weighted by molar-refractivity contribution is -0.109. The number of carbonyl (C=O) groups is 1. The average molecular weight is 540 g/mol. The van der Waals surface area contributed by atoms with Crippen LogP contribution in [0.4, 0.5) is 0 Å². The summed E-state index contributed by atoms with van der Waals surface area (Å²) >= 11 is 0. The SMILES string of the molecule is CCn1c(-c2cc(C)cnc2C(C)OC)c(CC(C)(C)CC)c2cc(-c3cccc(CC(C=O)NC)c3)ccc21. The Morgan fingerprint density at radius 3 is 2.50 bits per heavy atom. The highest BCUT2D eigenvalue weighted by Gasteiger charge is 2.27. The van der Waals surface area contributed by atoms with Crippen LogP contribution >= 0.6 is 0 Å². The monoisotopic (exact) mass is 539 g/mol. The molecule has 5 heteroatoms. The van der Waals surface area contributed by atoms with Gasteiger partial charge in [-0.15, -0.1) is 0 Å². The topological polar surface area (TPSA) is 56.2 Å². The van der Waals surface area contributed by atoms with E-state index in [0.29, 0.717) is 6.42 Å². The molecule has 212 valence electrons. The van der Waals surface area contributed by atoms with E-state index in [0.717, 1.165) is 53.6 Å². The summed E-state index contributed by atoms with van der Waals surface area (Å²) < 4.78 is 8.24. The van der Waals surface area contributed by atoms with Crippen LogP contribution in [0.15, 0.2) is 54.7 Å². The molecule has 0 saturated heterocycles. The zero-order valence-corrected chi connectivity index (χ0v) is 25.5. The predicted molar refractivity (Wildman–Crippen MR) is 167 cm³/mol. The van der Waals surface area contributed by atoms with Crippen molar-refractivity contribution in [1.82, 2.24) is 14.9 Å². The van der Waals surface area contributed by atoms with E-state index in [2.05, 4.69) is 100.0 Å². The summed E-state index contributed by atoms with van der Waals surface area (Å²) in [4.78, 5) is 16.3. The van der Waals surface area contributed by atoms with Crippen molar-refractivity contribution in [3.8, 4) is 22.4 Å². The fourth-order valence-corrected chi connectivity index (χ4v) is 5.58. The Hall–Kier alpha value is -3.28. The minimum Gasteiger partial charge on any atom is -0.375 e. The predicted octanol–water partition coefficient (Wildman–Crippen LogP) is 7.71. The molecule has 0 aliphatic rings. The largest absolute Gasteiger partial charge is 0.375 e. The molecule has 0 radical (unpaired) electrons. The second kappa shape index (κ2) is 12.5. The molecule has 2 aromatic carbocycles. The smallest absolute Gasteiger partial charge is 0.137 e. The Balaban J connectivity index is 1.98. The molecule has 1 N–H and O–H groups in total. The molecular formula is C35H45N3O2. The summed E-state index contributed by atoms with van der Waals surface area (Å²) in [7, 11) is 3.58. The molecule has 0 saturated carbocycles. The van der Waals surface area contributed by atoms with Crippen LogP contribution in [0, 0.1) is 12.3 Å². The number of carbonyl (C=O) groups excluding carboxylic acids is 1. The van der Waals surface area contributed by atoms with Gasteiger partial charge in [0.05, 0.1) is 23.5 Å². The van der Waals surface area contributed by atoms with Gasteiger partial charge in [0.2, 0.25) is 0 Å². The van der Waals surface area contributed by atoms with E-state index in [1.807, 2.05) is 13.2 Å². The van der Waals surface area contributed by atoms with E-state index in [9.17, 15) is 4.79 Å². The molecule has 2 unspecified atom stereocenters. The number of aldehydes is 1. The normalized spacial score (nSPS) is 13.5. The maximum absolute atomic E-state index is 11.4. The Morgan fingerprint density at radius 1 is 1.10 bits per heavy atom. The van der Waals surface area contributed by atoms with Gasteiger partial charge in [0.25, 0.3) is 0 Å². The second-order valence-corrected chi connectivity index (χ2v) is 11.8. The number of pyridine rings is 1. The van der Waals surface area contributed by atoms with Crippen LogP contribution in [-0.4, -0.2) is 36.0 Å². The number of hydrogen-bond acceptors (Lipinski definition) is 4. The number of aryl methyl sites for hydroxylation is 2. The summed E-state index contributed by atoms with van der Waals surface area (Å²) in [6, 6.07) is 17.5. The molecular weight excluding hydrogens is 494 g/mol. The standard InChI is InChI=1S/C35H45N3O2/c1-9-35(5,6)20-31-29-19-27(26-13-11-12-25(17-26)18-28(22-39)36-7)14-15-32(29)38(10-2)34(31)30-16-23(3)21-37-33(30)24(4)40-8/h11-17,19,21-22,24,28,36H,9-10,18,20H2,1-8H3. The van der Waals surface area contributed by atoms with Crippen molar-refractivity contribution in [3.05, 3.63) is 77.1 Å². The van der Waals surface area contributed by atoms with Crippen molar-refractivity contribution in [3.63, 3.8) is 0 Å². The van der Waals surface area contributed by atoms with E-state index in [-0.39, 0.29) is 17.6 Å². The second-order valence-electron chi connectivity index (χ2n) is 11.8. The van der Waals surface area contributed by atoms with Crippen LogP contribution < -0.4 is 5.32 Å². The van der Waals surface area contributed by atoms with Crippen LogP contribution in [0.1, 0.15) is 69.5 Å². The molecule has 2 aromatic heterocycles. The first-order valence-electron chi connectivity index (χ1n) is 14.5. The first-order chi connectivity index (χ1) is 19.2. The maximum atomic E-state index is 11.4. The third kappa shape index (κ3) is 6.06. The van der Waals surface area contributed by atoms with Crippen LogP contribution in [0.2, 0.25) is 0 Å². The number of hydrogen-bond donors (Lipinski definition) is 1. The van der Waals surface area contributed by atoms with Crippen molar-refractivity contribution >= 4 is 17.2 Å². The van der Waals surface area contributed by atoms with Crippen molar-refractivity contribution in [1.29, 1.82) is 0 Å². The molecule has 2 atom stereocenters. The van der Waals surface area contributed by atoms with Gasteiger partial charge < -0.3 is 19.4 Å². The Bertz CT molecular complexity index is 1480.